The molecule has 1 aromatic carbocycles. The molecule has 6 heteroatoms. The summed E-state index contributed by atoms with van der Waals surface area (Å²) in [4.78, 5) is 11.3. The molecule has 0 saturated carbocycles. The quantitative estimate of drug-likeness (QED) is 0.931. The van der Waals surface area contributed by atoms with E-state index in [4.69, 9.17) is 0 Å². The number of benzene rings is 1. The van der Waals surface area contributed by atoms with E-state index in [0.717, 1.165) is 6.42 Å². The molecule has 1 aliphatic rings. The molecule has 1 amide bonds. The fourth-order valence-electron chi connectivity index (χ4n) is 2.86. The van der Waals surface area contributed by atoms with Gasteiger partial charge in [0.15, 0.2) is 0 Å². The van der Waals surface area contributed by atoms with E-state index in [-0.39, 0.29) is 10.8 Å². The fraction of sp³-hybridized carbons (Fsp3) is 0.533. The van der Waals surface area contributed by atoms with Crippen molar-refractivity contribution < 1.29 is 13.2 Å². The van der Waals surface area contributed by atoms with Crippen LogP contribution in [0.25, 0.3) is 0 Å². The van der Waals surface area contributed by atoms with E-state index in [0.29, 0.717) is 30.6 Å². The summed E-state index contributed by atoms with van der Waals surface area (Å²) >= 11 is 0. The highest BCUT2D eigenvalue weighted by molar-refractivity contribution is 7.89. The lowest BCUT2D eigenvalue weighted by Gasteiger charge is -2.34. The molecule has 0 aliphatic carbocycles. The zero-order valence-corrected chi connectivity index (χ0v) is 13.5. The summed E-state index contributed by atoms with van der Waals surface area (Å²) in [5.41, 5.74) is 0.599. The van der Waals surface area contributed by atoms with Gasteiger partial charge in [0.1, 0.15) is 0 Å². The molecule has 0 radical (unpaired) electrons. The van der Waals surface area contributed by atoms with E-state index >= 15 is 0 Å². The largest absolute Gasteiger partial charge is 0.326 e. The average molecular weight is 310 g/mol. The Hall–Kier alpha value is -1.40. The Morgan fingerprint density at radius 3 is 2.14 bits per heavy atom. The summed E-state index contributed by atoms with van der Waals surface area (Å²) in [5, 5.41) is 2.63. The van der Waals surface area contributed by atoms with Crippen LogP contribution in [0.15, 0.2) is 29.2 Å². The number of hydrogen-bond donors (Lipinski definition) is 1. The number of nitrogens with one attached hydrogen (secondary N) is 1. The number of sulfonamides is 1. The lowest BCUT2D eigenvalue weighted by atomic mass is 9.94. The van der Waals surface area contributed by atoms with E-state index in [2.05, 4.69) is 19.2 Å². The predicted molar refractivity (Wildman–Crippen MR) is 82.4 cm³/mol. The van der Waals surface area contributed by atoms with Gasteiger partial charge in [-0.25, -0.2) is 8.42 Å². The molecule has 1 saturated heterocycles. The number of carbonyl (C=O) groups is 1. The maximum absolute atomic E-state index is 12.7. The minimum Gasteiger partial charge on any atom is -0.326 e. The molecule has 0 aromatic heterocycles. The Balaban J connectivity index is 2.21. The number of amides is 1. The van der Waals surface area contributed by atoms with Gasteiger partial charge in [-0.3, -0.25) is 4.79 Å². The number of anilines is 1. The molecule has 116 valence electrons. The summed E-state index contributed by atoms with van der Waals surface area (Å²) in [5.74, 6) is 0.577. The van der Waals surface area contributed by atoms with Crippen molar-refractivity contribution in [3.8, 4) is 0 Å². The summed E-state index contributed by atoms with van der Waals surface area (Å²) in [6.07, 6.45) is 1.06. The maximum atomic E-state index is 12.7. The molecule has 1 N–H and O–H groups in total. The molecular formula is C15H22N2O3S. The third-order valence-corrected chi connectivity index (χ3v) is 5.49. The minimum atomic E-state index is -3.45. The van der Waals surface area contributed by atoms with Crippen LogP contribution in [0.1, 0.15) is 27.2 Å². The van der Waals surface area contributed by atoms with Crippen molar-refractivity contribution in [1.29, 1.82) is 0 Å². The molecule has 2 rings (SSSR count). The highest BCUT2D eigenvalue weighted by Crippen LogP contribution is 2.27. The van der Waals surface area contributed by atoms with Crippen molar-refractivity contribution in [2.24, 2.45) is 11.8 Å². The van der Waals surface area contributed by atoms with Gasteiger partial charge in [0.2, 0.25) is 15.9 Å². The van der Waals surface area contributed by atoms with Crippen LogP contribution in [0.4, 0.5) is 5.69 Å². The van der Waals surface area contributed by atoms with Gasteiger partial charge in [-0.15, -0.1) is 0 Å². The van der Waals surface area contributed by atoms with E-state index in [1.54, 1.807) is 28.6 Å². The zero-order valence-electron chi connectivity index (χ0n) is 12.7. The van der Waals surface area contributed by atoms with E-state index < -0.39 is 10.0 Å². The second-order valence-electron chi connectivity index (χ2n) is 5.97. The first kappa shape index (κ1) is 16.0. The number of piperidine rings is 1. The van der Waals surface area contributed by atoms with Crippen LogP contribution >= 0.6 is 0 Å². The Morgan fingerprint density at radius 2 is 1.67 bits per heavy atom. The van der Waals surface area contributed by atoms with E-state index in [9.17, 15) is 13.2 Å². The van der Waals surface area contributed by atoms with Gasteiger partial charge < -0.3 is 5.32 Å². The van der Waals surface area contributed by atoms with Crippen LogP contribution in [-0.4, -0.2) is 31.7 Å². The normalized spacial score (nSPS) is 23.8. The van der Waals surface area contributed by atoms with Crippen LogP contribution in [0, 0.1) is 11.8 Å². The molecule has 1 heterocycles. The predicted octanol–water partition coefficient (Wildman–Crippen LogP) is 2.31. The second kappa shape index (κ2) is 6.15. The van der Waals surface area contributed by atoms with Crippen LogP contribution in [0.3, 0.4) is 0 Å². The van der Waals surface area contributed by atoms with Gasteiger partial charge in [-0.1, -0.05) is 13.8 Å². The SMILES string of the molecule is CC(=O)Nc1ccc(S(=O)(=O)N2CC(C)CC(C)C2)cc1. The molecular weight excluding hydrogens is 288 g/mol. The summed E-state index contributed by atoms with van der Waals surface area (Å²) in [6.45, 7) is 6.72. The fourth-order valence-corrected chi connectivity index (χ4v) is 4.54. The van der Waals surface area contributed by atoms with Crippen LogP contribution in [0.2, 0.25) is 0 Å². The van der Waals surface area contributed by atoms with Crippen LogP contribution in [-0.2, 0) is 14.8 Å². The van der Waals surface area contributed by atoms with Crippen molar-refractivity contribution in [3.63, 3.8) is 0 Å². The third kappa shape index (κ3) is 3.83. The van der Waals surface area contributed by atoms with E-state index in [1.165, 1.54) is 6.92 Å². The summed E-state index contributed by atoms with van der Waals surface area (Å²) in [6, 6.07) is 6.32. The Labute approximate surface area is 126 Å². The standard InChI is InChI=1S/C15H22N2O3S/c1-11-8-12(2)10-17(9-11)21(19,20)15-6-4-14(5-7-15)16-13(3)18/h4-7,11-12H,8-10H2,1-3H3,(H,16,18). The first-order chi connectivity index (χ1) is 9.79. The van der Waals surface area contributed by atoms with Crippen molar-refractivity contribution in [2.45, 2.75) is 32.1 Å². The molecule has 2 unspecified atom stereocenters. The van der Waals surface area contributed by atoms with Gasteiger partial charge in [-0.2, -0.15) is 4.31 Å². The number of rotatable bonds is 3. The van der Waals surface area contributed by atoms with Crippen molar-refractivity contribution in [2.75, 3.05) is 18.4 Å². The third-order valence-electron chi connectivity index (χ3n) is 3.65. The van der Waals surface area contributed by atoms with Gasteiger partial charge >= 0.3 is 0 Å². The number of nitrogens with zero attached hydrogens (tertiary/aromatic N) is 1. The van der Waals surface area contributed by atoms with Crippen LogP contribution < -0.4 is 5.32 Å². The van der Waals surface area contributed by atoms with Gasteiger partial charge in [-0.05, 0) is 42.5 Å². The monoisotopic (exact) mass is 310 g/mol. The lowest BCUT2D eigenvalue weighted by molar-refractivity contribution is -0.114. The van der Waals surface area contributed by atoms with E-state index in [1.807, 2.05) is 0 Å². The Bertz CT molecular complexity index is 600. The lowest BCUT2D eigenvalue weighted by Crippen LogP contribution is -2.42. The van der Waals surface area contributed by atoms with Crippen molar-refractivity contribution in [3.05, 3.63) is 24.3 Å². The molecule has 2 atom stereocenters. The average Bonchev–Trinajstić information content (AvgIpc) is 2.37. The molecule has 1 fully saturated rings. The van der Waals surface area contributed by atoms with Crippen molar-refractivity contribution in [1.82, 2.24) is 4.31 Å². The summed E-state index contributed by atoms with van der Waals surface area (Å²) < 4.78 is 26.9. The van der Waals surface area contributed by atoms with Crippen LogP contribution in [0.5, 0.6) is 0 Å². The smallest absolute Gasteiger partial charge is 0.243 e. The van der Waals surface area contributed by atoms with Gasteiger partial charge in [0.05, 0.1) is 4.90 Å². The molecule has 5 nitrogen and oxygen atoms in total. The molecule has 0 spiro atoms. The number of hydrogen-bond acceptors (Lipinski definition) is 3. The Morgan fingerprint density at radius 1 is 1.14 bits per heavy atom. The highest BCUT2D eigenvalue weighted by Gasteiger charge is 2.31. The molecule has 0 bridgehead atoms. The van der Waals surface area contributed by atoms with Gasteiger partial charge in [0.25, 0.3) is 0 Å². The minimum absolute atomic E-state index is 0.177. The molecule has 1 aromatic rings. The molecule has 1 aliphatic heterocycles. The molecule has 21 heavy (non-hydrogen) atoms. The van der Waals surface area contributed by atoms with Gasteiger partial charge in [0, 0.05) is 25.7 Å². The summed E-state index contributed by atoms with van der Waals surface area (Å²) in [7, 11) is -3.45. The maximum Gasteiger partial charge on any atom is 0.243 e. The van der Waals surface area contributed by atoms with Crippen molar-refractivity contribution >= 4 is 21.6 Å². The number of carbonyl (C=O) groups excluding carboxylic acids is 1. The highest BCUT2D eigenvalue weighted by atomic mass is 32.2. The second-order valence-corrected chi connectivity index (χ2v) is 7.91. The zero-order chi connectivity index (χ0) is 15.6. The first-order valence-corrected chi connectivity index (χ1v) is 8.61. The topological polar surface area (TPSA) is 66.5 Å². The first-order valence-electron chi connectivity index (χ1n) is 7.17. The Kier molecular flexibility index (Phi) is 4.68.